The van der Waals surface area contributed by atoms with E-state index >= 15 is 0 Å². The van der Waals surface area contributed by atoms with E-state index in [1.54, 1.807) is 12.1 Å². The van der Waals surface area contributed by atoms with E-state index < -0.39 is 0 Å². The number of aryl methyl sites for hydroxylation is 2. The molecule has 30 heavy (non-hydrogen) atoms. The highest BCUT2D eigenvalue weighted by Crippen LogP contribution is 2.22. The molecule has 2 aromatic carbocycles. The third kappa shape index (κ3) is 5.44. The van der Waals surface area contributed by atoms with Gasteiger partial charge in [-0.2, -0.15) is 0 Å². The van der Waals surface area contributed by atoms with Crippen LogP contribution in [0.1, 0.15) is 62.9 Å². The van der Waals surface area contributed by atoms with Crippen LogP contribution in [0.3, 0.4) is 0 Å². The summed E-state index contributed by atoms with van der Waals surface area (Å²) in [5.74, 6) is 0.295. The van der Waals surface area contributed by atoms with E-state index in [1.807, 2.05) is 27.5 Å². The molecule has 1 aromatic heterocycles. The molecule has 3 rings (SSSR count). The van der Waals surface area contributed by atoms with Gasteiger partial charge in [-0.25, -0.2) is 4.79 Å². The van der Waals surface area contributed by atoms with Crippen LogP contribution in [0.2, 0.25) is 0 Å². The van der Waals surface area contributed by atoms with Crippen molar-refractivity contribution in [3.63, 3.8) is 0 Å². The van der Waals surface area contributed by atoms with Crippen LogP contribution in [0, 0.1) is 0 Å². The fourth-order valence-corrected chi connectivity index (χ4v) is 3.80. The van der Waals surface area contributed by atoms with Gasteiger partial charge in [-0.1, -0.05) is 64.1 Å². The van der Waals surface area contributed by atoms with Crippen molar-refractivity contribution < 1.29 is 5.11 Å². The molecule has 0 aliphatic heterocycles. The molecule has 160 valence electrons. The highest BCUT2D eigenvalue weighted by molar-refractivity contribution is 5.28. The summed E-state index contributed by atoms with van der Waals surface area (Å²) in [5, 5.41) is 9.42. The third-order valence-corrected chi connectivity index (χ3v) is 5.58. The molecule has 0 radical (unpaired) electrons. The summed E-state index contributed by atoms with van der Waals surface area (Å²) >= 11 is 0. The van der Waals surface area contributed by atoms with Crippen LogP contribution in [0.4, 0.5) is 0 Å². The van der Waals surface area contributed by atoms with Gasteiger partial charge in [-0.05, 0) is 59.9 Å². The summed E-state index contributed by atoms with van der Waals surface area (Å²) in [6, 6.07) is 16.0. The highest BCUT2D eigenvalue weighted by atomic mass is 16.3. The number of imidazole rings is 1. The molecule has 0 saturated carbocycles. The van der Waals surface area contributed by atoms with Crippen molar-refractivity contribution >= 4 is 0 Å². The zero-order valence-corrected chi connectivity index (χ0v) is 18.7. The lowest BCUT2D eigenvalue weighted by Gasteiger charge is -2.19. The quantitative estimate of drug-likeness (QED) is 0.553. The molecule has 0 fully saturated rings. The van der Waals surface area contributed by atoms with Crippen molar-refractivity contribution in [3.8, 4) is 5.75 Å². The molecule has 0 bridgehead atoms. The molecule has 0 amide bonds. The number of phenols is 1. The first kappa shape index (κ1) is 21.9. The second-order valence-electron chi connectivity index (χ2n) is 9.15. The minimum atomic E-state index is 0.0800. The molecule has 1 heterocycles. The van der Waals surface area contributed by atoms with Crippen LogP contribution < -0.4 is 5.69 Å². The Hall–Kier alpha value is -2.75. The number of nitrogens with zero attached hydrogens (tertiary/aromatic N) is 2. The van der Waals surface area contributed by atoms with E-state index in [4.69, 9.17) is 0 Å². The molecule has 0 unspecified atom stereocenters. The molecule has 0 spiro atoms. The predicted molar refractivity (Wildman–Crippen MR) is 123 cm³/mol. The maximum absolute atomic E-state index is 13.0. The van der Waals surface area contributed by atoms with Crippen LogP contribution in [0.25, 0.3) is 0 Å². The number of hydrogen-bond donors (Lipinski definition) is 1. The van der Waals surface area contributed by atoms with Crippen LogP contribution in [0.5, 0.6) is 5.75 Å². The number of benzene rings is 2. The van der Waals surface area contributed by atoms with E-state index in [1.165, 1.54) is 11.1 Å². The normalized spacial score (nSPS) is 11.7. The summed E-state index contributed by atoms with van der Waals surface area (Å²) in [7, 11) is 0. The van der Waals surface area contributed by atoms with Gasteiger partial charge < -0.3 is 5.11 Å². The van der Waals surface area contributed by atoms with Crippen molar-refractivity contribution in [1.29, 1.82) is 0 Å². The summed E-state index contributed by atoms with van der Waals surface area (Å²) in [6.07, 6.45) is 5.74. The number of aromatic hydroxyl groups is 1. The van der Waals surface area contributed by atoms with E-state index in [0.29, 0.717) is 12.3 Å². The minimum Gasteiger partial charge on any atom is -0.508 e. The molecule has 3 aromatic rings. The molecule has 0 aliphatic carbocycles. The Morgan fingerprint density at radius 1 is 0.900 bits per heavy atom. The summed E-state index contributed by atoms with van der Waals surface area (Å²) in [5.41, 5.74) is 4.97. The van der Waals surface area contributed by atoms with Crippen LogP contribution in [-0.4, -0.2) is 14.2 Å². The van der Waals surface area contributed by atoms with Gasteiger partial charge in [-0.3, -0.25) is 9.13 Å². The second-order valence-corrected chi connectivity index (χ2v) is 9.15. The number of hydrogen-bond acceptors (Lipinski definition) is 2. The Labute approximate surface area is 179 Å². The van der Waals surface area contributed by atoms with Crippen molar-refractivity contribution in [2.24, 2.45) is 0 Å². The molecule has 1 N–H and O–H groups in total. The van der Waals surface area contributed by atoms with Gasteiger partial charge in [0.05, 0.1) is 6.54 Å². The molecule has 0 atom stereocenters. The van der Waals surface area contributed by atoms with Crippen LogP contribution in [0.15, 0.2) is 59.5 Å². The topological polar surface area (TPSA) is 47.2 Å². The first-order valence-corrected chi connectivity index (χ1v) is 10.9. The summed E-state index contributed by atoms with van der Waals surface area (Å²) in [4.78, 5) is 13.0. The zero-order chi connectivity index (χ0) is 21.7. The highest BCUT2D eigenvalue weighted by Gasteiger charge is 2.14. The fourth-order valence-electron chi connectivity index (χ4n) is 3.80. The molecule has 0 aliphatic rings. The van der Waals surface area contributed by atoms with Gasteiger partial charge in [0.25, 0.3) is 0 Å². The number of aromatic nitrogens is 2. The van der Waals surface area contributed by atoms with Crippen molar-refractivity contribution in [3.05, 3.63) is 87.6 Å². The summed E-state index contributed by atoms with van der Waals surface area (Å²) < 4.78 is 3.78. The van der Waals surface area contributed by atoms with E-state index in [0.717, 1.165) is 43.5 Å². The SMILES string of the molecule is CCCn1c(CCCc2ccc(O)cc2)cn(Cc2ccc(C(C)(C)C)cc2)c1=O. The lowest BCUT2D eigenvalue weighted by Crippen LogP contribution is -2.25. The Bertz CT molecular complexity index is 1000. The van der Waals surface area contributed by atoms with Gasteiger partial charge >= 0.3 is 5.69 Å². The lowest BCUT2D eigenvalue weighted by atomic mass is 9.87. The maximum atomic E-state index is 13.0. The smallest absolute Gasteiger partial charge is 0.328 e. The number of phenolic OH excluding ortho intramolecular Hbond substituents is 1. The largest absolute Gasteiger partial charge is 0.508 e. The van der Waals surface area contributed by atoms with Crippen molar-refractivity contribution in [1.82, 2.24) is 9.13 Å². The van der Waals surface area contributed by atoms with Crippen molar-refractivity contribution in [2.75, 3.05) is 0 Å². The Balaban J connectivity index is 1.72. The molecular formula is C26H34N2O2. The molecular weight excluding hydrogens is 372 g/mol. The van der Waals surface area contributed by atoms with Gasteiger partial charge in [0.15, 0.2) is 0 Å². The average molecular weight is 407 g/mol. The first-order chi connectivity index (χ1) is 14.3. The Morgan fingerprint density at radius 2 is 1.53 bits per heavy atom. The van der Waals surface area contributed by atoms with E-state index in [9.17, 15) is 9.90 Å². The van der Waals surface area contributed by atoms with Gasteiger partial charge in [0, 0.05) is 18.4 Å². The molecule has 4 heteroatoms. The second kappa shape index (κ2) is 9.38. The zero-order valence-electron chi connectivity index (χ0n) is 18.7. The fraction of sp³-hybridized carbons (Fsp3) is 0.423. The number of rotatable bonds is 8. The third-order valence-electron chi connectivity index (χ3n) is 5.58. The van der Waals surface area contributed by atoms with Crippen LogP contribution >= 0.6 is 0 Å². The minimum absolute atomic E-state index is 0.0800. The maximum Gasteiger partial charge on any atom is 0.328 e. The van der Waals surface area contributed by atoms with E-state index in [-0.39, 0.29) is 11.1 Å². The van der Waals surface area contributed by atoms with Gasteiger partial charge in [0.2, 0.25) is 0 Å². The van der Waals surface area contributed by atoms with Gasteiger partial charge in [-0.15, -0.1) is 0 Å². The van der Waals surface area contributed by atoms with E-state index in [2.05, 4.69) is 52.0 Å². The first-order valence-electron chi connectivity index (χ1n) is 10.9. The molecule has 4 nitrogen and oxygen atoms in total. The van der Waals surface area contributed by atoms with Crippen LogP contribution in [-0.2, 0) is 31.3 Å². The Morgan fingerprint density at radius 3 is 2.13 bits per heavy atom. The van der Waals surface area contributed by atoms with Crippen molar-refractivity contribution in [2.45, 2.75) is 71.9 Å². The summed E-state index contributed by atoms with van der Waals surface area (Å²) in [6.45, 7) is 10.1. The standard InChI is InChI=1S/C26H34N2O2/c1-5-17-28-23(8-6-7-20-11-15-24(29)16-12-20)19-27(25(28)30)18-21-9-13-22(14-10-21)26(2,3)4/h9-16,19,29H,5-8,17-18H2,1-4H3. The predicted octanol–water partition coefficient (Wildman–Crippen LogP) is 5.29. The average Bonchev–Trinajstić information content (AvgIpc) is 2.99. The monoisotopic (exact) mass is 406 g/mol. The Kier molecular flexibility index (Phi) is 6.86. The molecule has 0 saturated heterocycles. The lowest BCUT2D eigenvalue weighted by molar-refractivity contribution is 0.475. The van der Waals surface area contributed by atoms with Gasteiger partial charge in [0.1, 0.15) is 5.75 Å².